The fourth-order valence-electron chi connectivity index (χ4n) is 1.99. The lowest BCUT2D eigenvalue weighted by atomic mass is 9.85. The van der Waals surface area contributed by atoms with E-state index in [9.17, 15) is 8.78 Å². The molecule has 2 atom stereocenters. The van der Waals surface area contributed by atoms with Crippen molar-refractivity contribution in [3.8, 4) is 0 Å². The van der Waals surface area contributed by atoms with Gasteiger partial charge in [0.1, 0.15) is 0 Å². The van der Waals surface area contributed by atoms with Gasteiger partial charge in [-0.3, -0.25) is 0 Å². The van der Waals surface area contributed by atoms with Crippen LogP contribution in [0.2, 0.25) is 0 Å². The highest BCUT2D eigenvalue weighted by molar-refractivity contribution is 5.28. The fourth-order valence-corrected chi connectivity index (χ4v) is 1.99. The van der Waals surface area contributed by atoms with Gasteiger partial charge in [0.05, 0.1) is 0 Å². The lowest BCUT2D eigenvalue weighted by Gasteiger charge is -2.27. The molecule has 0 bridgehead atoms. The van der Waals surface area contributed by atoms with Crippen LogP contribution in [0.25, 0.3) is 0 Å². The average molecular weight is 241 g/mol. The van der Waals surface area contributed by atoms with E-state index in [1.165, 1.54) is 0 Å². The third-order valence-corrected chi connectivity index (χ3v) is 3.53. The second-order valence-electron chi connectivity index (χ2n) is 4.97. The molecule has 0 aliphatic heterocycles. The Bertz CT molecular complexity index is 388. The van der Waals surface area contributed by atoms with Gasteiger partial charge in [0.15, 0.2) is 11.6 Å². The van der Waals surface area contributed by atoms with E-state index >= 15 is 0 Å². The van der Waals surface area contributed by atoms with Crippen molar-refractivity contribution in [1.82, 2.24) is 5.32 Å². The molecule has 3 heteroatoms. The Morgan fingerprint density at radius 3 is 2.12 bits per heavy atom. The van der Waals surface area contributed by atoms with Gasteiger partial charge in [-0.25, -0.2) is 8.78 Å². The average Bonchev–Trinajstić information content (AvgIpc) is 2.29. The number of hydrogen-bond donors (Lipinski definition) is 1. The topological polar surface area (TPSA) is 12.0 Å². The molecule has 1 rings (SSSR count). The van der Waals surface area contributed by atoms with Crippen molar-refractivity contribution in [3.63, 3.8) is 0 Å². The molecule has 1 N–H and O–H groups in total. The standard InChI is InChI=1S/C14H21F2N/c1-8(2)10(4)14(17-5)11-7-6-9(3)12(15)13(11)16/h6-8,10,14,17H,1-5H3. The molecule has 2 unspecified atom stereocenters. The third-order valence-electron chi connectivity index (χ3n) is 3.53. The Kier molecular flexibility index (Phi) is 4.63. The molecule has 0 heterocycles. The highest BCUT2D eigenvalue weighted by Crippen LogP contribution is 2.30. The van der Waals surface area contributed by atoms with Gasteiger partial charge in [0.25, 0.3) is 0 Å². The van der Waals surface area contributed by atoms with Crippen LogP contribution in [-0.2, 0) is 0 Å². The van der Waals surface area contributed by atoms with E-state index in [1.54, 1.807) is 26.1 Å². The van der Waals surface area contributed by atoms with Gasteiger partial charge in [0.2, 0.25) is 0 Å². The summed E-state index contributed by atoms with van der Waals surface area (Å²) in [4.78, 5) is 0. The van der Waals surface area contributed by atoms with Crippen molar-refractivity contribution in [3.05, 3.63) is 34.9 Å². The highest BCUT2D eigenvalue weighted by atomic mass is 19.2. The van der Waals surface area contributed by atoms with Gasteiger partial charge in [-0.15, -0.1) is 0 Å². The number of rotatable bonds is 4. The smallest absolute Gasteiger partial charge is 0.163 e. The first-order valence-corrected chi connectivity index (χ1v) is 6.01. The van der Waals surface area contributed by atoms with Gasteiger partial charge >= 0.3 is 0 Å². The number of nitrogens with one attached hydrogen (secondary N) is 1. The minimum atomic E-state index is -0.737. The lowest BCUT2D eigenvalue weighted by Crippen LogP contribution is -2.28. The summed E-state index contributed by atoms with van der Waals surface area (Å²) in [5.41, 5.74) is 0.759. The summed E-state index contributed by atoms with van der Waals surface area (Å²) in [7, 11) is 1.78. The Morgan fingerprint density at radius 1 is 1.06 bits per heavy atom. The molecule has 1 nitrogen and oxygen atoms in total. The van der Waals surface area contributed by atoms with Crippen molar-refractivity contribution in [1.29, 1.82) is 0 Å². The summed E-state index contributed by atoms with van der Waals surface area (Å²) in [5.74, 6) is -0.830. The first-order chi connectivity index (χ1) is 7.90. The maximum absolute atomic E-state index is 13.9. The summed E-state index contributed by atoms with van der Waals surface area (Å²) in [6.07, 6.45) is 0. The third kappa shape index (κ3) is 2.83. The van der Waals surface area contributed by atoms with Crippen LogP contribution < -0.4 is 5.32 Å². The molecule has 1 aromatic carbocycles. The molecular weight excluding hydrogens is 220 g/mol. The van der Waals surface area contributed by atoms with Crippen LogP contribution in [0, 0.1) is 30.4 Å². The van der Waals surface area contributed by atoms with E-state index in [4.69, 9.17) is 0 Å². The molecule has 0 fully saturated rings. The van der Waals surface area contributed by atoms with Crippen molar-refractivity contribution in [2.24, 2.45) is 11.8 Å². The van der Waals surface area contributed by atoms with Crippen LogP contribution in [0.15, 0.2) is 12.1 Å². The molecule has 17 heavy (non-hydrogen) atoms. The Hall–Kier alpha value is -0.960. The molecule has 0 saturated heterocycles. The molecule has 0 aromatic heterocycles. The van der Waals surface area contributed by atoms with Gasteiger partial charge < -0.3 is 5.32 Å². The predicted octanol–water partition coefficient (Wildman–Crippen LogP) is 3.83. The second-order valence-corrected chi connectivity index (χ2v) is 4.97. The van der Waals surface area contributed by atoms with Crippen LogP contribution >= 0.6 is 0 Å². The number of aryl methyl sites for hydroxylation is 1. The van der Waals surface area contributed by atoms with E-state index in [1.807, 2.05) is 6.92 Å². The second kappa shape index (κ2) is 5.58. The van der Waals surface area contributed by atoms with Crippen LogP contribution in [0.3, 0.4) is 0 Å². The quantitative estimate of drug-likeness (QED) is 0.844. The first kappa shape index (κ1) is 14.1. The van der Waals surface area contributed by atoms with E-state index in [2.05, 4.69) is 19.2 Å². The number of hydrogen-bond acceptors (Lipinski definition) is 1. The van der Waals surface area contributed by atoms with Crippen LogP contribution in [0.1, 0.15) is 37.9 Å². The minimum Gasteiger partial charge on any atom is -0.313 e. The summed E-state index contributed by atoms with van der Waals surface area (Å²) in [6.45, 7) is 7.78. The van der Waals surface area contributed by atoms with Crippen LogP contribution in [0.5, 0.6) is 0 Å². The van der Waals surface area contributed by atoms with Crippen molar-refractivity contribution in [2.75, 3.05) is 7.05 Å². The lowest BCUT2D eigenvalue weighted by molar-refractivity contribution is 0.307. The molecule has 96 valence electrons. The maximum atomic E-state index is 13.9. The SMILES string of the molecule is CNC(c1ccc(C)c(F)c1F)C(C)C(C)C. The van der Waals surface area contributed by atoms with Gasteiger partial charge in [-0.05, 0) is 31.4 Å². The Balaban J connectivity index is 3.17. The predicted molar refractivity (Wildman–Crippen MR) is 66.9 cm³/mol. The number of halogens is 2. The maximum Gasteiger partial charge on any atom is 0.163 e. The molecule has 0 radical (unpaired) electrons. The first-order valence-electron chi connectivity index (χ1n) is 6.01. The van der Waals surface area contributed by atoms with Crippen molar-refractivity contribution < 1.29 is 8.78 Å². The van der Waals surface area contributed by atoms with E-state index in [0.29, 0.717) is 17.0 Å². The van der Waals surface area contributed by atoms with Crippen LogP contribution in [0.4, 0.5) is 8.78 Å². The van der Waals surface area contributed by atoms with Crippen molar-refractivity contribution in [2.45, 2.75) is 33.7 Å². The van der Waals surface area contributed by atoms with Crippen LogP contribution in [-0.4, -0.2) is 7.05 Å². The molecule has 0 aliphatic rings. The summed E-state index contributed by atoms with van der Waals surface area (Å²) in [6, 6.07) is 3.14. The monoisotopic (exact) mass is 241 g/mol. The molecule has 0 spiro atoms. The molecule has 0 amide bonds. The molecule has 1 aromatic rings. The summed E-state index contributed by atoms with van der Waals surface area (Å²) < 4.78 is 27.5. The molecule has 0 aliphatic carbocycles. The largest absolute Gasteiger partial charge is 0.313 e. The molecule has 0 saturated carbocycles. The van der Waals surface area contributed by atoms with Crippen molar-refractivity contribution >= 4 is 0 Å². The zero-order valence-electron chi connectivity index (χ0n) is 11.1. The van der Waals surface area contributed by atoms with Gasteiger partial charge in [0, 0.05) is 11.6 Å². The normalized spacial score (nSPS) is 15.1. The summed E-state index contributed by atoms with van der Waals surface area (Å²) in [5, 5.41) is 3.08. The van der Waals surface area contributed by atoms with Gasteiger partial charge in [-0.1, -0.05) is 32.9 Å². The Labute approximate surface area is 102 Å². The highest BCUT2D eigenvalue weighted by Gasteiger charge is 2.25. The zero-order chi connectivity index (χ0) is 13.2. The minimum absolute atomic E-state index is 0.162. The van der Waals surface area contributed by atoms with Gasteiger partial charge in [-0.2, -0.15) is 0 Å². The fraction of sp³-hybridized carbons (Fsp3) is 0.571. The van der Waals surface area contributed by atoms with E-state index < -0.39 is 11.6 Å². The van der Waals surface area contributed by atoms with E-state index in [0.717, 1.165) is 0 Å². The summed E-state index contributed by atoms with van der Waals surface area (Å²) >= 11 is 0. The number of benzene rings is 1. The Morgan fingerprint density at radius 2 is 1.65 bits per heavy atom. The van der Waals surface area contributed by atoms with E-state index in [-0.39, 0.29) is 12.0 Å². The molecular formula is C14H21F2N. The zero-order valence-corrected chi connectivity index (χ0v) is 11.1.